The topological polar surface area (TPSA) is 183 Å². The molecular formula is H8O6Ti-4. The molecule has 6 nitrogen and oxygen atoms in total. The van der Waals surface area contributed by atoms with E-state index in [4.69, 9.17) is 0 Å². The normalized spacial score (nSPS) is 0. The minimum Gasteiger partial charge on any atom is -0.870 e. The molecule has 0 rings (SSSR count). The molecule has 0 aliphatic rings. The third-order valence-electron chi connectivity index (χ3n) is 0. The van der Waals surface area contributed by atoms with Crippen LogP contribution in [0.15, 0.2) is 0 Å². The molecule has 0 heterocycles. The van der Waals surface area contributed by atoms with Gasteiger partial charge in [0.1, 0.15) is 0 Å². The molecule has 0 bridgehead atoms. The van der Waals surface area contributed by atoms with Crippen LogP contribution >= 0.6 is 0 Å². The average molecular weight is 152 g/mol. The Bertz CT molecular complexity index is 4.14. The molecule has 0 radical (unpaired) electrons. The van der Waals surface area contributed by atoms with Crippen LogP contribution in [0.5, 0.6) is 0 Å². The first-order valence-electron chi connectivity index (χ1n) is 0. The quantitative estimate of drug-likeness (QED) is 0.351. The maximum absolute atomic E-state index is 0. The van der Waals surface area contributed by atoms with Crippen molar-refractivity contribution < 1.29 is 54.6 Å². The second-order valence-corrected chi connectivity index (χ2v) is 0. The third kappa shape index (κ3) is 576. The van der Waals surface area contributed by atoms with Crippen molar-refractivity contribution >= 4 is 0 Å². The summed E-state index contributed by atoms with van der Waals surface area (Å²) >= 11 is 0. The third-order valence-corrected chi connectivity index (χ3v) is 0. The molecule has 7 heavy (non-hydrogen) atoms. The number of rotatable bonds is 0. The van der Waals surface area contributed by atoms with Crippen LogP contribution in [0.3, 0.4) is 0 Å². The summed E-state index contributed by atoms with van der Waals surface area (Å²) in [6, 6.07) is 0. The Kier molecular flexibility index (Phi) is 172000. The second kappa shape index (κ2) is 863. The molecule has 0 aliphatic heterocycles. The summed E-state index contributed by atoms with van der Waals surface area (Å²) in [4.78, 5) is 0. The molecule has 0 saturated heterocycles. The van der Waals surface area contributed by atoms with Crippen molar-refractivity contribution in [3.8, 4) is 0 Å². The van der Waals surface area contributed by atoms with E-state index in [1.807, 2.05) is 0 Å². The summed E-state index contributed by atoms with van der Waals surface area (Å²) < 4.78 is 0. The van der Waals surface area contributed by atoms with Gasteiger partial charge in [-0.3, -0.25) is 0 Å². The van der Waals surface area contributed by atoms with E-state index in [1.165, 1.54) is 0 Å². The summed E-state index contributed by atoms with van der Waals surface area (Å²) in [5.41, 5.74) is 0. The SMILES string of the molecule is O.O.[OH-].[OH-].[OH-].[OH-].[Ti]. The maximum atomic E-state index is 0. The molecule has 0 spiro atoms. The van der Waals surface area contributed by atoms with Crippen LogP contribution in [0.25, 0.3) is 0 Å². The minimum absolute atomic E-state index is 0. The molecule has 0 aliphatic carbocycles. The van der Waals surface area contributed by atoms with E-state index < -0.39 is 0 Å². The fraction of sp³-hybridized carbons (Fsp3) is 0. The van der Waals surface area contributed by atoms with Gasteiger partial charge in [-0.1, -0.05) is 0 Å². The molecule has 0 fully saturated rings. The van der Waals surface area contributed by atoms with Crippen molar-refractivity contribution in [1.82, 2.24) is 0 Å². The monoisotopic (exact) mass is 152 g/mol. The van der Waals surface area contributed by atoms with Gasteiger partial charge >= 0.3 is 0 Å². The Morgan fingerprint density at radius 1 is 0.429 bits per heavy atom. The Morgan fingerprint density at radius 2 is 0.429 bits per heavy atom. The Morgan fingerprint density at radius 3 is 0.429 bits per heavy atom. The van der Waals surface area contributed by atoms with Gasteiger partial charge in [0, 0.05) is 21.7 Å². The van der Waals surface area contributed by atoms with Crippen molar-refractivity contribution in [1.29, 1.82) is 0 Å². The van der Waals surface area contributed by atoms with Gasteiger partial charge in [-0.15, -0.1) is 0 Å². The zero-order valence-corrected chi connectivity index (χ0v) is 4.85. The largest absolute Gasteiger partial charge is 0.870 e. The van der Waals surface area contributed by atoms with Gasteiger partial charge in [0.15, 0.2) is 0 Å². The van der Waals surface area contributed by atoms with Crippen molar-refractivity contribution in [2.24, 2.45) is 0 Å². The fourth-order valence-electron chi connectivity index (χ4n) is 0. The summed E-state index contributed by atoms with van der Waals surface area (Å²) in [5.74, 6) is 0. The van der Waals surface area contributed by atoms with Crippen LogP contribution in [0.4, 0.5) is 0 Å². The Labute approximate surface area is 55.3 Å². The van der Waals surface area contributed by atoms with Crippen molar-refractivity contribution in [3.05, 3.63) is 0 Å². The molecule has 0 aromatic rings. The standard InChI is InChI=1S/6H2O.Ti/h6*1H2;/p-4. The molecule has 0 amide bonds. The van der Waals surface area contributed by atoms with Crippen LogP contribution in [-0.4, -0.2) is 32.9 Å². The van der Waals surface area contributed by atoms with Gasteiger partial charge in [0.25, 0.3) is 0 Å². The van der Waals surface area contributed by atoms with Crippen molar-refractivity contribution in [2.75, 3.05) is 0 Å². The zero-order valence-electron chi connectivity index (χ0n) is 3.29. The van der Waals surface area contributed by atoms with Gasteiger partial charge < -0.3 is 32.9 Å². The van der Waals surface area contributed by atoms with E-state index in [1.54, 1.807) is 0 Å². The Balaban J connectivity index is 0. The summed E-state index contributed by atoms with van der Waals surface area (Å²) in [7, 11) is 0. The first-order chi connectivity index (χ1) is 0. The van der Waals surface area contributed by atoms with Gasteiger partial charge in [-0.05, 0) is 0 Å². The van der Waals surface area contributed by atoms with Crippen molar-refractivity contribution in [3.63, 3.8) is 0 Å². The summed E-state index contributed by atoms with van der Waals surface area (Å²) in [6.45, 7) is 0. The van der Waals surface area contributed by atoms with Crippen LogP contribution in [0.1, 0.15) is 0 Å². The molecule has 0 aromatic carbocycles. The molecule has 52 valence electrons. The molecule has 0 aromatic heterocycles. The second-order valence-electron chi connectivity index (χ2n) is 0. The van der Waals surface area contributed by atoms with Gasteiger partial charge in [0.2, 0.25) is 0 Å². The molecule has 8 N–H and O–H groups in total. The molecular weight excluding hydrogens is 144 g/mol. The van der Waals surface area contributed by atoms with Gasteiger partial charge in [0.05, 0.1) is 0 Å². The van der Waals surface area contributed by atoms with Crippen LogP contribution in [-0.2, 0) is 21.7 Å². The van der Waals surface area contributed by atoms with Crippen molar-refractivity contribution in [2.45, 2.75) is 0 Å². The van der Waals surface area contributed by atoms with Gasteiger partial charge in [-0.2, -0.15) is 0 Å². The van der Waals surface area contributed by atoms with E-state index >= 15 is 0 Å². The van der Waals surface area contributed by atoms with Crippen LogP contribution < -0.4 is 0 Å². The smallest absolute Gasteiger partial charge is 0 e. The Hall–Kier alpha value is 0.474. The first kappa shape index (κ1) is 1390. The van der Waals surface area contributed by atoms with Crippen LogP contribution in [0, 0.1) is 0 Å². The average Bonchev–Trinajstić information content (AvgIpc) is 0. The summed E-state index contributed by atoms with van der Waals surface area (Å²) in [6.07, 6.45) is 0. The number of hydrogen-bond acceptors (Lipinski definition) is 4. The zero-order chi connectivity index (χ0) is 0. The van der Waals surface area contributed by atoms with E-state index in [0.717, 1.165) is 0 Å². The van der Waals surface area contributed by atoms with Gasteiger partial charge in [-0.25, -0.2) is 0 Å². The first-order valence-corrected chi connectivity index (χ1v) is 0. The molecule has 0 atom stereocenters. The predicted molar refractivity (Wildman–Crippen MR) is 15.0 cm³/mol. The molecule has 0 saturated carbocycles. The van der Waals surface area contributed by atoms with E-state index in [-0.39, 0.29) is 54.6 Å². The number of hydrogen-bond donors (Lipinski definition) is 0. The van der Waals surface area contributed by atoms with Crippen LogP contribution in [0.2, 0.25) is 0 Å². The fourth-order valence-corrected chi connectivity index (χ4v) is 0. The van der Waals surface area contributed by atoms with E-state index in [2.05, 4.69) is 0 Å². The molecule has 0 unspecified atom stereocenters. The van der Waals surface area contributed by atoms with E-state index in [0.29, 0.717) is 0 Å². The molecule has 7 heteroatoms. The maximum Gasteiger partial charge on any atom is 0 e. The van der Waals surface area contributed by atoms with E-state index in [9.17, 15) is 0 Å². The predicted octanol–water partition coefficient (Wildman–Crippen LogP) is -2.36. The summed E-state index contributed by atoms with van der Waals surface area (Å²) in [5, 5.41) is 0. The minimum atomic E-state index is 0.